The smallest absolute Gasteiger partial charge is 0.145 e. The van der Waals surface area contributed by atoms with Gasteiger partial charge in [-0.3, -0.25) is 0 Å². The molecule has 0 aliphatic carbocycles. The molecule has 0 saturated heterocycles. The first kappa shape index (κ1) is 14.4. The van der Waals surface area contributed by atoms with Gasteiger partial charge in [0.05, 0.1) is 10.6 Å². The highest BCUT2D eigenvalue weighted by Crippen LogP contribution is 2.28. The Morgan fingerprint density at radius 3 is 2.50 bits per heavy atom. The monoisotopic (exact) mass is 344 g/mol. The van der Waals surface area contributed by atoms with Crippen LogP contribution in [0.15, 0.2) is 16.7 Å². The van der Waals surface area contributed by atoms with Crippen molar-refractivity contribution in [2.75, 3.05) is 17.1 Å². The normalized spacial score (nSPS) is 11.6. The zero-order valence-electron chi connectivity index (χ0n) is 8.74. The standard InChI is InChI=1S/C10H12BrCl3N2/c1-2-10(5-12,6-13)16-9-8(14)3-7(11)4-15-9/h3-4H,2,5-6H2,1H3,(H,15,16). The second-order valence-electron chi connectivity index (χ2n) is 3.51. The molecule has 0 radical (unpaired) electrons. The predicted molar refractivity (Wildman–Crippen MR) is 75.0 cm³/mol. The Balaban J connectivity index is 2.93. The Labute approximate surface area is 119 Å². The number of rotatable bonds is 5. The van der Waals surface area contributed by atoms with Gasteiger partial charge < -0.3 is 5.32 Å². The van der Waals surface area contributed by atoms with Crippen LogP contribution in [-0.2, 0) is 0 Å². The summed E-state index contributed by atoms with van der Waals surface area (Å²) in [5.41, 5.74) is -0.367. The molecule has 1 aromatic rings. The predicted octanol–water partition coefficient (Wildman–Crippen LogP) is 4.54. The van der Waals surface area contributed by atoms with E-state index in [4.69, 9.17) is 34.8 Å². The van der Waals surface area contributed by atoms with E-state index in [2.05, 4.69) is 26.2 Å². The summed E-state index contributed by atoms with van der Waals surface area (Å²) < 4.78 is 0.835. The number of anilines is 1. The third-order valence-electron chi connectivity index (χ3n) is 2.38. The molecule has 0 amide bonds. The lowest BCUT2D eigenvalue weighted by molar-refractivity contribution is 0.558. The Morgan fingerprint density at radius 1 is 1.44 bits per heavy atom. The molecule has 1 N–H and O–H groups in total. The maximum absolute atomic E-state index is 6.07. The summed E-state index contributed by atoms with van der Waals surface area (Å²) in [6.45, 7) is 2.02. The van der Waals surface area contributed by atoms with Crippen LogP contribution in [0, 0.1) is 0 Å². The minimum atomic E-state index is -0.367. The molecular weight excluding hydrogens is 334 g/mol. The lowest BCUT2D eigenvalue weighted by Gasteiger charge is -2.30. The summed E-state index contributed by atoms with van der Waals surface area (Å²) in [7, 11) is 0. The first-order chi connectivity index (χ1) is 7.56. The van der Waals surface area contributed by atoms with Gasteiger partial charge in [0.1, 0.15) is 5.82 Å². The van der Waals surface area contributed by atoms with Gasteiger partial charge >= 0.3 is 0 Å². The fourth-order valence-electron chi connectivity index (χ4n) is 1.14. The Bertz CT molecular complexity index is 348. The summed E-state index contributed by atoms with van der Waals surface area (Å²) in [4.78, 5) is 4.20. The summed E-state index contributed by atoms with van der Waals surface area (Å²) in [6, 6.07) is 1.78. The minimum Gasteiger partial charge on any atom is -0.361 e. The van der Waals surface area contributed by atoms with Crippen molar-refractivity contribution in [3.8, 4) is 0 Å². The van der Waals surface area contributed by atoms with Gasteiger partial charge in [0.15, 0.2) is 0 Å². The highest BCUT2D eigenvalue weighted by Gasteiger charge is 2.27. The Kier molecular flexibility index (Phi) is 5.65. The SMILES string of the molecule is CCC(CCl)(CCl)Nc1ncc(Br)cc1Cl. The fraction of sp³-hybridized carbons (Fsp3) is 0.500. The summed E-state index contributed by atoms with van der Waals surface area (Å²) >= 11 is 21.2. The molecule has 0 aliphatic rings. The summed E-state index contributed by atoms with van der Waals surface area (Å²) in [6.07, 6.45) is 2.48. The lowest BCUT2D eigenvalue weighted by Crippen LogP contribution is -2.42. The van der Waals surface area contributed by atoms with E-state index in [0.717, 1.165) is 10.9 Å². The molecule has 1 heterocycles. The number of hydrogen-bond acceptors (Lipinski definition) is 2. The van der Waals surface area contributed by atoms with E-state index in [-0.39, 0.29) is 5.54 Å². The Hall–Kier alpha value is 0.300. The third kappa shape index (κ3) is 3.39. The molecular formula is C10H12BrCl3N2. The topological polar surface area (TPSA) is 24.9 Å². The van der Waals surface area contributed by atoms with Crippen LogP contribution in [0.4, 0.5) is 5.82 Å². The molecule has 1 aromatic heterocycles. The maximum atomic E-state index is 6.07. The van der Waals surface area contributed by atoms with Crippen molar-refractivity contribution in [3.63, 3.8) is 0 Å². The minimum absolute atomic E-state index is 0.367. The molecule has 0 unspecified atom stereocenters. The number of aromatic nitrogens is 1. The van der Waals surface area contributed by atoms with Gasteiger partial charge in [-0.25, -0.2) is 4.98 Å². The van der Waals surface area contributed by atoms with E-state index in [0.29, 0.717) is 22.6 Å². The highest BCUT2D eigenvalue weighted by molar-refractivity contribution is 9.10. The molecule has 0 fully saturated rings. The first-order valence-corrected chi connectivity index (χ1v) is 7.02. The van der Waals surface area contributed by atoms with Crippen LogP contribution in [-0.4, -0.2) is 22.3 Å². The van der Waals surface area contributed by atoms with Gasteiger partial charge in [-0.2, -0.15) is 0 Å². The molecule has 0 saturated carbocycles. The molecule has 6 heteroatoms. The number of halogens is 4. The van der Waals surface area contributed by atoms with Gasteiger partial charge in [-0.1, -0.05) is 18.5 Å². The largest absolute Gasteiger partial charge is 0.361 e. The van der Waals surface area contributed by atoms with Gasteiger partial charge in [-0.15, -0.1) is 23.2 Å². The number of nitrogens with zero attached hydrogens (tertiary/aromatic N) is 1. The number of pyridine rings is 1. The number of nitrogens with one attached hydrogen (secondary N) is 1. The van der Waals surface area contributed by atoms with Crippen molar-refractivity contribution in [2.24, 2.45) is 0 Å². The van der Waals surface area contributed by atoms with Gasteiger partial charge in [0, 0.05) is 22.4 Å². The van der Waals surface area contributed by atoms with Crippen molar-refractivity contribution in [3.05, 3.63) is 21.8 Å². The van der Waals surface area contributed by atoms with Crippen LogP contribution in [0.3, 0.4) is 0 Å². The van der Waals surface area contributed by atoms with E-state index in [9.17, 15) is 0 Å². The highest BCUT2D eigenvalue weighted by atomic mass is 79.9. The van der Waals surface area contributed by atoms with Crippen molar-refractivity contribution >= 4 is 56.6 Å². The molecule has 0 aliphatic heterocycles. The molecule has 90 valence electrons. The number of alkyl halides is 2. The second-order valence-corrected chi connectivity index (χ2v) is 5.37. The first-order valence-electron chi connectivity index (χ1n) is 4.78. The van der Waals surface area contributed by atoms with E-state index < -0.39 is 0 Å². The van der Waals surface area contributed by atoms with Gasteiger partial charge in [0.2, 0.25) is 0 Å². The summed E-state index contributed by atoms with van der Waals surface area (Å²) in [5.74, 6) is 1.41. The zero-order valence-corrected chi connectivity index (χ0v) is 12.6. The van der Waals surface area contributed by atoms with Crippen LogP contribution < -0.4 is 5.32 Å². The van der Waals surface area contributed by atoms with Crippen molar-refractivity contribution in [1.29, 1.82) is 0 Å². The van der Waals surface area contributed by atoms with E-state index >= 15 is 0 Å². The maximum Gasteiger partial charge on any atom is 0.145 e. The van der Waals surface area contributed by atoms with Crippen LogP contribution in [0.1, 0.15) is 13.3 Å². The molecule has 1 rings (SSSR count). The zero-order chi connectivity index (χ0) is 12.2. The molecule has 0 atom stereocenters. The molecule has 0 bridgehead atoms. The van der Waals surface area contributed by atoms with E-state index in [1.807, 2.05) is 6.92 Å². The molecule has 16 heavy (non-hydrogen) atoms. The molecule has 0 aromatic carbocycles. The Morgan fingerprint density at radius 2 is 2.06 bits per heavy atom. The summed E-state index contributed by atoms with van der Waals surface area (Å²) in [5, 5.41) is 3.75. The molecule has 0 spiro atoms. The van der Waals surface area contributed by atoms with Crippen molar-refractivity contribution in [1.82, 2.24) is 4.98 Å². The van der Waals surface area contributed by atoms with Crippen LogP contribution in [0.2, 0.25) is 5.02 Å². The second kappa shape index (κ2) is 6.29. The third-order valence-corrected chi connectivity index (χ3v) is 4.12. The fourth-order valence-corrected chi connectivity index (χ4v) is 2.61. The van der Waals surface area contributed by atoms with Crippen molar-refractivity contribution < 1.29 is 0 Å². The lowest BCUT2D eigenvalue weighted by atomic mass is 10.0. The van der Waals surface area contributed by atoms with Gasteiger partial charge in [-0.05, 0) is 28.4 Å². The average molecular weight is 346 g/mol. The van der Waals surface area contributed by atoms with Crippen molar-refractivity contribution in [2.45, 2.75) is 18.9 Å². The molecule has 2 nitrogen and oxygen atoms in total. The van der Waals surface area contributed by atoms with Crippen LogP contribution in [0.5, 0.6) is 0 Å². The van der Waals surface area contributed by atoms with E-state index in [1.165, 1.54) is 0 Å². The van der Waals surface area contributed by atoms with Gasteiger partial charge in [0.25, 0.3) is 0 Å². The van der Waals surface area contributed by atoms with Crippen LogP contribution in [0.25, 0.3) is 0 Å². The quantitative estimate of drug-likeness (QED) is 0.792. The number of hydrogen-bond donors (Lipinski definition) is 1. The van der Waals surface area contributed by atoms with Crippen LogP contribution >= 0.6 is 50.7 Å². The average Bonchev–Trinajstić information content (AvgIpc) is 2.29. The van der Waals surface area contributed by atoms with E-state index in [1.54, 1.807) is 12.3 Å².